The van der Waals surface area contributed by atoms with Crippen LogP contribution < -0.4 is 15.5 Å². The van der Waals surface area contributed by atoms with Crippen molar-refractivity contribution in [3.05, 3.63) is 58.6 Å². The number of hydrogen-bond donors (Lipinski definition) is 2. The number of aryl methyl sites for hydroxylation is 1. The van der Waals surface area contributed by atoms with Gasteiger partial charge in [0.1, 0.15) is 5.75 Å². The maximum absolute atomic E-state index is 12.3. The van der Waals surface area contributed by atoms with Crippen LogP contribution in [0.4, 0.5) is 18.9 Å². The van der Waals surface area contributed by atoms with Crippen LogP contribution in [0.15, 0.2) is 47.6 Å². The topological polar surface area (TPSA) is 79.8 Å². The smallest absolute Gasteiger partial charge is 0.471 e. The molecule has 0 fully saturated rings. The van der Waals surface area contributed by atoms with Gasteiger partial charge in [-0.15, -0.1) is 0 Å². The Morgan fingerprint density at radius 3 is 2.55 bits per heavy atom. The lowest BCUT2D eigenvalue weighted by Gasteiger charge is -2.10. The van der Waals surface area contributed by atoms with E-state index in [1.54, 1.807) is 43.4 Å². The number of ether oxygens (including phenoxy) is 1. The number of nitrogens with one attached hydrogen (secondary N) is 2. The summed E-state index contributed by atoms with van der Waals surface area (Å²) in [5.41, 5.74) is 3.75. The summed E-state index contributed by atoms with van der Waals surface area (Å²) in [7, 11) is 0. The minimum absolute atomic E-state index is 0.0488. The van der Waals surface area contributed by atoms with Gasteiger partial charge in [-0.05, 0) is 55.3 Å². The Morgan fingerprint density at radius 1 is 1.17 bits per heavy atom. The first kappa shape index (κ1) is 22.2. The number of benzene rings is 2. The summed E-state index contributed by atoms with van der Waals surface area (Å²) in [5.74, 6) is -2.11. The predicted octanol–water partition coefficient (Wildman–Crippen LogP) is 4.07. The number of carbonyl (C=O) groups excluding carboxylic acids is 2. The lowest BCUT2D eigenvalue weighted by molar-refractivity contribution is -0.167. The molecule has 0 aliphatic heterocycles. The van der Waals surface area contributed by atoms with Crippen LogP contribution in [0.25, 0.3) is 0 Å². The molecular formula is C19H17ClF3N3O3. The van der Waals surface area contributed by atoms with Crippen molar-refractivity contribution in [2.75, 3.05) is 11.9 Å². The van der Waals surface area contributed by atoms with Gasteiger partial charge in [-0.25, -0.2) is 5.43 Å². The second kappa shape index (κ2) is 9.42. The lowest BCUT2D eigenvalue weighted by Crippen LogP contribution is -2.30. The highest BCUT2D eigenvalue weighted by Gasteiger charge is 2.38. The number of hydrazone groups is 1. The highest BCUT2D eigenvalue weighted by Crippen LogP contribution is 2.22. The number of halogens is 4. The molecule has 154 valence electrons. The molecule has 6 nitrogen and oxygen atoms in total. The van der Waals surface area contributed by atoms with E-state index in [4.69, 9.17) is 16.3 Å². The largest absolute Gasteiger partial charge is 0.483 e. The summed E-state index contributed by atoms with van der Waals surface area (Å²) in [6.07, 6.45) is -4.99. The molecule has 0 heterocycles. The minimum atomic E-state index is -4.99. The summed E-state index contributed by atoms with van der Waals surface area (Å²) in [6.45, 7) is 3.04. The molecule has 0 atom stereocenters. The van der Waals surface area contributed by atoms with E-state index in [2.05, 4.69) is 10.5 Å². The summed E-state index contributed by atoms with van der Waals surface area (Å²) in [6, 6.07) is 10.6. The fourth-order valence-electron chi connectivity index (χ4n) is 2.19. The molecule has 0 saturated heterocycles. The molecule has 2 N–H and O–H groups in total. The molecule has 0 bridgehead atoms. The van der Waals surface area contributed by atoms with Gasteiger partial charge in [0, 0.05) is 10.7 Å². The first-order chi connectivity index (χ1) is 13.6. The molecule has 0 aliphatic carbocycles. The molecule has 29 heavy (non-hydrogen) atoms. The molecule has 10 heteroatoms. The summed E-state index contributed by atoms with van der Waals surface area (Å²) in [5, 5.41) is 6.20. The van der Waals surface area contributed by atoms with Crippen molar-refractivity contribution in [1.29, 1.82) is 0 Å². The van der Waals surface area contributed by atoms with Crippen LogP contribution in [0.3, 0.4) is 0 Å². The molecule has 2 rings (SSSR count). The molecule has 2 aromatic rings. The van der Waals surface area contributed by atoms with Gasteiger partial charge in [0.25, 0.3) is 5.91 Å². The van der Waals surface area contributed by atoms with Gasteiger partial charge >= 0.3 is 12.1 Å². The maximum atomic E-state index is 12.3. The van der Waals surface area contributed by atoms with Gasteiger partial charge in [-0.3, -0.25) is 9.59 Å². The Hall–Kier alpha value is -3.07. The second-order valence-electron chi connectivity index (χ2n) is 5.96. The molecule has 0 aliphatic rings. The number of nitrogens with zero attached hydrogens (tertiary/aromatic N) is 1. The molecule has 0 aromatic heterocycles. The van der Waals surface area contributed by atoms with Crippen LogP contribution in [0.1, 0.15) is 18.1 Å². The van der Waals surface area contributed by atoms with Gasteiger partial charge in [0.15, 0.2) is 6.61 Å². The van der Waals surface area contributed by atoms with Crippen LogP contribution in [0.5, 0.6) is 5.75 Å². The Bertz CT molecular complexity index is 946. The molecule has 0 saturated carbocycles. The van der Waals surface area contributed by atoms with Crippen molar-refractivity contribution in [1.82, 2.24) is 5.43 Å². The molecule has 2 aromatic carbocycles. The second-order valence-corrected chi connectivity index (χ2v) is 6.40. The van der Waals surface area contributed by atoms with Crippen molar-refractivity contribution >= 4 is 34.8 Å². The number of anilines is 1. The van der Waals surface area contributed by atoms with Crippen molar-refractivity contribution in [3.63, 3.8) is 0 Å². The summed E-state index contributed by atoms with van der Waals surface area (Å²) >= 11 is 5.85. The zero-order chi connectivity index (χ0) is 21.6. The van der Waals surface area contributed by atoms with Crippen molar-refractivity contribution in [2.24, 2.45) is 5.10 Å². The highest BCUT2D eigenvalue weighted by molar-refractivity contribution is 6.30. The van der Waals surface area contributed by atoms with E-state index in [9.17, 15) is 22.8 Å². The normalized spacial score (nSPS) is 11.7. The Morgan fingerprint density at radius 2 is 1.90 bits per heavy atom. The van der Waals surface area contributed by atoms with Crippen molar-refractivity contribution in [3.8, 4) is 5.75 Å². The maximum Gasteiger partial charge on any atom is 0.471 e. The third-order valence-corrected chi connectivity index (χ3v) is 3.87. The van der Waals surface area contributed by atoms with Crippen LogP contribution in [-0.4, -0.2) is 30.3 Å². The first-order valence-corrected chi connectivity index (χ1v) is 8.65. The quantitative estimate of drug-likeness (QED) is 0.538. The fraction of sp³-hybridized carbons (Fsp3) is 0.211. The number of rotatable bonds is 6. The highest BCUT2D eigenvalue weighted by atomic mass is 35.5. The predicted molar refractivity (Wildman–Crippen MR) is 103 cm³/mol. The van der Waals surface area contributed by atoms with E-state index in [0.717, 1.165) is 5.56 Å². The van der Waals surface area contributed by atoms with E-state index >= 15 is 0 Å². The zero-order valence-electron chi connectivity index (χ0n) is 15.4. The summed E-state index contributed by atoms with van der Waals surface area (Å²) < 4.78 is 42.4. The van der Waals surface area contributed by atoms with Crippen molar-refractivity contribution < 1.29 is 27.5 Å². The van der Waals surface area contributed by atoms with E-state index in [0.29, 0.717) is 22.0 Å². The van der Waals surface area contributed by atoms with Crippen LogP contribution in [0.2, 0.25) is 5.02 Å². The van der Waals surface area contributed by atoms with E-state index in [1.807, 2.05) is 0 Å². The third kappa shape index (κ3) is 6.79. The van der Waals surface area contributed by atoms with E-state index < -0.39 is 18.0 Å². The standard InChI is InChI=1S/C19H17ClF3N3O3/c1-11-8-14(20)6-7-16(11)29-10-17(27)26-25-12(2)13-4-3-5-15(9-13)24-18(28)19(21,22)23/h3-9H,10H2,1-2H3,(H,24,28)(H,26,27)/b25-12-. The average Bonchev–Trinajstić information content (AvgIpc) is 2.64. The van der Waals surface area contributed by atoms with Gasteiger partial charge < -0.3 is 10.1 Å². The fourth-order valence-corrected chi connectivity index (χ4v) is 2.41. The number of amides is 2. The number of carbonyl (C=O) groups is 2. The minimum Gasteiger partial charge on any atom is -0.483 e. The Kier molecular flexibility index (Phi) is 7.22. The Labute approximate surface area is 169 Å². The van der Waals surface area contributed by atoms with Gasteiger partial charge in [-0.2, -0.15) is 18.3 Å². The van der Waals surface area contributed by atoms with Crippen LogP contribution in [0, 0.1) is 6.92 Å². The van der Waals surface area contributed by atoms with E-state index in [-0.39, 0.29) is 12.3 Å². The molecular weight excluding hydrogens is 411 g/mol. The number of alkyl halides is 3. The van der Waals surface area contributed by atoms with Gasteiger partial charge in [-0.1, -0.05) is 23.7 Å². The monoisotopic (exact) mass is 427 g/mol. The van der Waals surface area contributed by atoms with Gasteiger partial charge in [0.2, 0.25) is 0 Å². The molecule has 0 unspecified atom stereocenters. The first-order valence-electron chi connectivity index (χ1n) is 8.27. The van der Waals surface area contributed by atoms with E-state index in [1.165, 1.54) is 18.2 Å². The average molecular weight is 428 g/mol. The number of hydrogen-bond acceptors (Lipinski definition) is 4. The lowest BCUT2D eigenvalue weighted by atomic mass is 10.1. The SMILES string of the molecule is C/C(=N/NC(=O)COc1ccc(Cl)cc1C)c1cccc(NC(=O)C(F)(F)F)c1. The van der Waals surface area contributed by atoms with Crippen LogP contribution in [-0.2, 0) is 9.59 Å². The van der Waals surface area contributed by atoms with Gasteiger partial charge in [0.05, 0.1) is 5.71 Å². The zero-order valence-corrected chi connectivity index (χ0v) is 16.2. The molecule has 2 amide bonds. The molecule has 0 radical (unpaired) electrons. The van der Waals surface area contributed by atoms with Crippen molar-refractivity contribution in [2.45, 2.75) is 20.0 Å². The molecule has 0 spiro atoms. The summed E-state index contributed by atoms with van der Waals surface area (Å²) in [4.78, 5) is 22.9. The Balaban J connectivity index is 1.95. The van der Waals surface area contributed by atoms with Crippen LogP contribution >= 0.6 is 11.6 Å². The third-order valence-electron chi connectivity index (χ3n) is 3.64.